The molecule has 23 heavy (non-hydrogen) atoms. The van der Waals surface area contributed by atoms with Crippen LogP contribution in [0.4, 0.5) is 4.79 Å². The van der Waals surface area contributed by atoms with Gasteiger partial charge in [-0.25, -0.2) is 4.79 Å². The Morgan fingerprint density at radius 2 is 2.00 bits per heavy atom. The molecule has 0 aromatic carbocycles. The molecule has 6 heteroatoms. The van der Waals surface area contributed by atoms with E-state index in [2.05, 4.69) is 15.2 Å². The number of aromatic nitrogens is 1. The molecule has 2 aromatic rings. The Hall–Kier alpha value is -1.92. The maximum Gasteiger partial charge on any atom is 0.413 e. The van der Waals surface area contributed by atoms with Gasteiger partial charge >= 0.3 is 6.09 Å². The van der Waals surface area contributed by atoms with Gasteiger partial charge in [0.2, 0.25) is 0 Å². The van der Waals surface area contributed by atoms with Crippen molar-refractivity contribution in [1.29, 1.82) is 0 Å². The van der Waals surface area contributed by atoms with Crippen LogP contribution >= 0.6 is 11.3 Å². The average molecular weight is 329 g/mol. The van der Waals surface area contributed by atoms with Crippen molar-refractivity contribution in [1.82, 2.24) is 15.2 Å². The molecule has 3 aliphatic heterocycles. The monoisotopic (exact) mass is 329 g/mol. The highest BCUT2D eigenvalue weighted by atomic mass is 32.1. The molecule has 3 fully saturated rings. The van der Waals surface area contributed by atoms with Gasteiger partial charge in [-0.3, -0.25) is 4.98 Å². The minimum atomic E-state index is -0.341. The van der Waals surface area contributed by atoms with E-state index in [0.717, 1.165) is 30.1 Å². The van der Waals surface area contributed by atoms with E-state index in [-0.39, 0.29) is 12.1 Å². The van der Waals surface area contributed by atoms with Crippen LogP contribution in [0, 0.1) is 5.92 Å². The van der Waals surface area contributed by atoms with Gasteiger partial charge in [-0.15, -0.1) is 0 Å². The summed E-state index contributed by atoms with van der Waals surface area (Å²) in [5, 5.41) is 3.66. The molecule has 0 aliphatic carbocycles. The Morgan fingerprint density at radius 3 is 2.70 bits per heavy atom. The van der Waals surface area contributed by atoms with E-state index >= 15 is 0 Å². The SMILES string of the molecule is O=C(N[C@H]1CN2CCC1CC2)Oc1ccc(-c2ccncc2)s1. The summed E-state index contributed by atoms with van der Waals surface area (Å²) in [6.45, 7) is 3.28. The standard InChI is InChI=1S/C17H19N3O2S/c21-17(19-14-11-20-9-5-12(14)6-10-20)22-16-2-1-15(23-16)13-3-7-18-8-4-13/h1-4,7-8,12,14H,5-6,9-11H2,(H,19,21)/t14-/m0/s1. The molecule has 5 heterocycles. The number of ether oxygens (including phenoxy) is 1. The molecule has 2 aromatic heterocycles. The van der Waals surface area contributed by atoms with E-state index in [4.69, 9.17) is 4.74 Å². The molecular weight excluding hydrogens is 310 g/mol. The molecule has 5 rings (SSSR count). The van der Waals surface area contributed by atoms with Crippen LogP contribution in [0.25, 0.3) is 10.4 Å². The second kappa shape index (κ2) is 6.29. The molecule has 1 N–H and O–H groups in total. The third-order valence-electron chi connectivity index (χ3n) is 4.70. The quantitative estimate of drug-likeness (QED) is 0.940. The van der Waals surface area contributed by atoms with Crippen molar-refractivity contribution in [2.45, 2.75) is 18.9 Å². The van der Waals surface area contributed by atoms with Crippen LogP contribution in [0.5, 0.6) is 5.06 Å². The zero-order valence-electron chi connectivity index (χ0n) is 12.8. The van der Waals surface area contributed by atoms with E-state index in [1.54, 1.807) is 12.4 Å². The fraction of sp³-hybridized carbons (Fsp3) is 0.412. The summed E-state index contributed by atoms with van der Waals surface area (Å²) in [5.41, 5.74) is 1.08. The lowest BCUT2D eigenvalue weighted by Gasteiger charge is -2.44. The lowest BCUT2D eigenvalue weighted by Crippen LogP contribution is -2.57. The zero-order chi connectivity index (χ0) is 15.6. The second-order valence-electron chi connectivity index (χ2n) is 6.13. The van der Waals surface area contributed by atoms with Gasteiger partial charge in [-0.1, -0.05) is 11.3 Å². The number of carbonyl (C=O) groups is 1. The van der Waals surface area contributed by atoms with Crippen molar-refractivity contribution in [3.05, 3.63) is 36.7 Å². The number of hydrogen-bond acceptors (Lipinski definition) is 5. The first kappa shape index (κ1) is 14.7. The highest BCUT2D eigenvalue weighted by Gasteiger charge is 2.35. The number of amides is 1. The third-order valence-corrected chi connectivity index (χ3v) is 5.71. The van der Waals surface area contributed by atoms with Gasteiger partial charge in [-0.2, -0.15) is 0 Å². The molecule has 1 amide bonds. The summed E-state index contributed by atoms with van der Waals surface area (Å²) in [6.07, 6.45) is 5.53. The molecular formula is C17H19N3O2S. The lowest BCUT2D eigenvalue weighted by molar-refractivity contribution is 0.0726. The Kier molecular flexibility index (Phi) is 4.01. The Labute approximate surface area is 139 Å². The van der Waals surface area contributed by atoms with Crippen LogP contribution < -0.4 is 10.1 Å². The molecule has 0 unspecified atom stereocenters. The van der Waals surface area contributed by atoms with Gasteiger partial charge in [0.1, 0.15) is 0 Å². The van der Waals surface area contributed by atoms with Crippen LogP contribution in [-0.2, 0) is 0 Å². The average Bonchev–Trinajstić information content (AvgIpc) is 3.05. The van der Waals surface area contributed by atoms with Gasteiger partial charge in [0.05, 0.1) is 0 Å². The fourth-order valence-corrected chi connectivity index (χ4v) is 4.31. The van der Waals surface area contributed by atoms with Crippen LogP contribution in [0.2, 0.25) is 0 Å². The summed E-state index contributed by atoms with van der Waals surface area (Å²) in [7, 11) is 0. The van der Waals surface area contributed by atoms with E-state index < -0.39 is 0 Å². The van der Waals surface area contributed by atoms with E-state index in [0.29, 0.717) is 11.0 Å². The van der Waals surface area contributed by atoms with Crippen LogP contribution in [0.15, 0.2) is 36.7 Å². The van der Waals surface area contributed by atoms with Crippen molar-refractivity contribution in [3.63, 3.8) is 0 Å². The van der Waals surface area contributed by atoms with Crippen molar-refractivity contribution < 1.29 is 9.53 Å². The smallest absolute Gasteiger partial charge is 0.399 e. The highest BCUT2D eigenvalue weighted by Crippen LogP contribution is 2.33. The Morgan fingerprint density at radius 1 is 1.22 bits per heavy atom. The first-order chi connectivity index (χ1) is 11.3. The maximum atomic E-state index is 12.1. The number of pyridine rings is 1. The third kappa shape index (κ3) is 3.23. The normalized spacial score (nSPS) is 26.0. The minimum absolute atomic E-state index is 0.227. The predicted octanol–water partition coefficient (Wildman–Crippen LogP) is 2.99. The molecule has 120 valence electrons. The predicted molar refractivity (Wildman–Crippen MR) is 89.7 cm³/mol. The molecule has 2 bridgehead atoms. The van der Waals surface area contributed by atoms with Gasteiger partial charge in [-0.05, 0) is 61.7 Å². The number of carbonyl (C=O) groups excluding carboxylic acids is 1. The number of hydrogen-bond donors (Lipinski definition) is 1. The molecule has 0 saturated carbocycles. The number of nitrogens with one attached hydrogen (secondary N) is 1. The maximum absolute atomic E-state index is 12.1. The van der Waals surface area contributed by atoms with Crippen molar-refractivity contribution in [2.75, 3.05) is 19.6 Å². The topological polar surface area (TPSA) is 54.5 Å². The number of fused-ring (bicyclic) bond motifs is 3. The molecule has 0 radical (unpaired) electrons. The molecule has 3 saturated heterocycles. The number of thiophene rings is 1. The molecule has 3 aliphatic rings. The van der Waals surface area contributed by atoms with Gasteiger partial charge in [0, 0.05) is 29.9 Å². The molecule has 0 spiro atoms. The summed E-state index contributed by atoms with van der Waals surface area (Å²) >= 11 is 1.47. The fourth-order valence-electron chi connectivity index (χ4n) is 3.45. The van der Waals surface area contributed by atoms with Crippen LogP contribution in [0.1, 0.15) is 12.8 Å². The van der Waals surface area contributed by atoms with Crippen molar-refractivity contribution in [3.8, 4) is 15.5 Å². The summed E-state index contributed by atoms with van der Waals surface area (Å²) in [6, 6.07) is 7.93. The minimum Gasteiger partial charge on any atom is -0.399 e. The Bertz CT molecular complexity index is 680. The first-order valence-electron chi connectivity index (χ1n) is 7.99. The lowest BCUT2D eigenvalue weighted by atomic mass is 9.84. The van der Waals surface area contributed by atoms with Crippen molar-refractivity contribution >= 4 is 17.4 Å². The summed E-state index contributed by atoms with van der Waals surface area (Å²) < 4.78 is 5.46. The number of rotatable bonds is 3. The first-order valence-corrected chi connectivity index (χ1v) is 8.80. The second-order valence-corrected chi connectivity index (χ2v) is 7.18. The number of nitrogens with zero attached hydrogens (tertiary/aromatic N) is 2. The van der Waals surface area contributed by atoms with E-state index in [1.165, 1.54) is 24.2 Å². The molecule has 5 nitrogen and oxygen atoms in total. The van der Waals surface area contributed by atoms with E-state index in [1.807, 2.05) is 24.3 Å². The van der Waals surface area contributed by atoms with E-state index in [9.17, 15) is 4.79 Å². The summed E-state index contributed by atoms with van der Waals surface area (Å²) in [4.78, 5) is 19.6. The van der Waals surface area contributed by atoms with Gasteiger partial charge in [0.15, 0.2) is 5.06 Å². The largest absolute Gasteiger partial charge is 0.413 e. The van der Waals surface area contributed by atoms with Gasteiger partial charge in [0.25, 0.3) is 0 Å². The summed E-state index contributed by atoms with van der Waals surface area (Å²) in [5.74, 6) is 0.600. The van der Waals surface area contributed by atoms with Gasteiger partial charge < -0.3 is 15.0 Å². The zero-order valence-corrected chi connectivity index (χ0v) is 13.6. The Balaban J connectivity index is 1.37. The van der Waals surface area contributed by atoms with Crippen LogP contribution in [0.3, 0.4) is 0 Å². The van der Waals surface area contributed by atoms with Crippen LogP contribution in [-0.4, -0.2) is 41.7 Å². The van der Waals surface area contributed by atoms with Crippen molar-refractivity contribution in [2.24, 2.45) is 5.92 Å². The highest BCUT2D eigenvalue weighted by molar-refractivity contribution is 7.17. The molecule has 1 atom stereocenters. The number of piperidine rings is 3.